The van der Waals surface area contributed by atoms with Crippen LogP contribution in [0, 0.1) is 10.1 Å². The highest BCUT2D eigenvalue weighted by Crippen LogP contribution is 2.25. The number of ether oxygens (including phenoxy) is 2. The number of benzene rings is 2. The van der Waals surface area contributed by atoms with Crippen LogP contribution < -0.4 is 14.8 Å². The van der Waals surface area contributed by atoms with Gasteiger partial charge < -0.3 is 14.8 Å². The lowest BCUT2D eigenvalue weighted by Crippen LogP contribution is -2.20. The molecule has 0 unspecified atom stereocenters. The number of carbonyl (C=O) groups excluding carboxylic acids is 1. The Labute approximate surface area is 160 Å². The van der Waals surface area contributed by atoms with E-state index in [2.05, 4.69) is 10.3 Å². The zero-order valence-corrected chi connectivity index (χ0v) is 14.8. The average Bonchev–Trinajstić information content (AvgIpc) is 2.72. The zero-order chi connectivity index (χ0) is 19.8. The maximum absolute atomic E-state index is 12.1. The van der Waals surface area contributed by atoms with Crippen molar-refractivity contribution in [3.8, 4) is 11.5 Å². The first kappa shape index (κ1) is 18.8. The standard InChI is InChI=1S/C20H17N3O5/c24-20(14-28-19-10-2-1-9-18(19)23(25)26)22-15-7-5-8-17(12-15)27-13-16-6-3-4-11-21-16/h1-12H,13-14H2,(H,22,24). The smallest absolute Gasteiger partial charge is 0.310 e. The number of anilines is 1. The van der Waals surface area contributed by atoms with E-state index in [9.17, 15) is 14.9 Å². The minimum atomic E-state index is -0.560. The second-order valence-electron chi connectivity index (χ2n) is 5.70. The summed E-state index contributed by atoms with van der Waals surface area (Å²) in [5, 5.41) is 13.6. The molecule has 1 heterocycles. The first-order chi connectivity index (χ1) is 13.6. The Balaban J connectivity index is 1.55. The highest BCUT2D eigenvalue weighted by atomic mass is 16.6. The Morgan fingerprint density at radius 1 is 1.04 bits per heavy atom. The van der Waals surface area contributed by atoms with Crippen molar-refractivity contribution in [2.75, 3.05) is 11.9 Å². The van der Waals surface area contributed by atoms with Gasteiger partial charge in [-0.15, -0.1) is 0 Å². The van der Waals surface area contributed by atoms with E-state index in [0.717, 1.165) is 5.69 Å². The Bertz CT molecular complexity index is 963. The van der Waals surface area contributed by atoms with Gasteiger partial charge in [-0.05, 0) is 30.3 Å². The first-order valence-corrected chi connectivity index (χ1v) is 8.40. The van der Waals surface area contributed by atoms with E-state index in [4.69, 9.17) is 9.47 Å². The third-order valence-electron chi connectivity index (χ3n) is 3.65. The molecule has 0 atom stereocenters. The van der Waals surface area contributed by atoms with E-state index >= 15 is 0 Å². The van der Waals surface area contributed by atoms with E-state index in [1.807, 2.05) is 18.2 Å². The van der Waals surface area contributed by atoms with Gasteiger partial charge in [0.05, 0.1) is 10.6 Å². The van der Waals surface area contributed by atoms with Gasteiger partial charge in [-0.25, -0.2) is 0 Å². The summed E-state index contributed by atoms with van der Waals surface area (Å²) in [6, 6.07) is 18.3. The summed E-state index contributed by atoms with van der Waals surface area (Å²) >= 11 is 0. The molecule has 28 heavy (non-hydrogen) atoms. The van der Waals surface area contributed by atoms with Crippen LogP contribution in [0.1, 0.15) is 5.69 Å². The Morgan fingerprint density at radius 3 is 2.64 bits per heavy atom. The lowest BCUT2D eigenvalue weighted by molar-refractivity contribution is -0.385. The summed E-state index contributed by atoms with van der Waals surface area (Å²) < 4.78 is 10.9. The molecule has 0 saturated heterocycles. The van der Waals surface area contributed by atoms with Gasteiger partial charge in [-0.2, -0.15) is 0 Å². The number of hydrogen-bond donors (Lipinski definition) is 1. The van der Waals surface area contributed by atoms with Crippen molar-refractivity contribution in [1.82, 2.24) is 4.98 Å². The molecule has 0 saturated carbocycles. The normalized spacial score (nSPS) is 10.1. The number of nitrogens with one attached hydrogen (secondary N) is 1. The number of aromatic nitrogens is 1. The van der Waals surface area contributed by atoms with Gasteiger partial charge in [0, 0.05) is 24.0 Å². The fourth-order valence-electron chi connectivity index (χ4n) is 2.37. The number of para-hydroxylation sites is 2. The van der Waals surface area contributed by atoms with Crippen LogP contribution in [-0.4, -0.2) is 22.4 Å². The van der Waals surface area contributed by atoms with Crippen LogP contribution in [0.25, 0.3) is 0 Å². The van der Waals surface area contributed by atoms with Gasteiger partial charge in [0.15, 0.2) is 12.4 Å². The van der Waals surface area contributed by atoms with Crippen molar-refractivity contribution in [3.05, 3.63) is 88.7 Å². The largest absolute Gasteiger partial charge is 0.487 e. The molecule has 0 radical (unpaired) electrons. The fraction of sp³-hybridized carbons (Fsp3) is 0.100. The summed E-state index contributed by atoms with van der Waals surface area (Å²) in [7, 11) is 0. The van der Waals surface area contributed by atoms with Gasteiger partial charge in [0.1, 0.15) is 12.4 Å². The quantitative estimate of drug-likeness (QED) is 0.474. The first-order valence-electron chi connectivity index (χ1n) is 8.40. The number of amides is 1. The second-order valence-corrected chi connectivity index (χ2v) is 5.70. The van der Waals surface area contributed by atoms with E-state index in [-0.39, 0.29) is 18.0 Å². The third-order valence-corrected chi connectivity index (χ3v) is 3.65. The molecule has 3 rings (SSSR count). The summed E-state index contributed by atoms with van der Waals surface area (Å²) in [6.45, 7) is -0.0527. The number of hydrogen-bond acceptors (Lipinski definition) is 6. The summed E-state index contributed by atoms with van der Waals surface area (Å²) in [5.41, 5.74) is 1.12. The predicted octanol–water partition coefficient (Wildman–Crippen LogP) is 3.59. The van der Waals surface area contributed by atoms with Gasteiger partial charge in [-0.1, -0.05) is 24.3 Å². The molecule has 0 aliphatic heterocycles. The van der Waals surface area contributed by atoms with Gasteiger partial charge in [-0.3, -0.25) is 19.9 Å². The minimum Gasteiger partial charge on any atom is -0.487 e. The van der Waals surface area contributed by atoms with Crippen LogP contribution in [0.3, 0.4) is 0 Å². The lowest BCUT2D eigenvalue weighted by Gasteiger charge is -2.10. The summed E-state index contributed by atoms with van der Waals surface area (Å²) in [4.78, 5) is 26.7. The molecule has 1 N–H and O–H groups in total. The van der Waals surface area contributed by atoms with Crippen LogP contribution in [0.5, 0.6) is 11.5 Å². The number of nitro benzene ring substituents is 1. The van der Waals surface area contributed by atoms with Gasteiger partial charge >= 0.3 is 5.69 Å². The highest BCUT2D eigenvalue weighted by Gasteiger charge is 2.15. The van der Waals surface area contributed by atoms with E-state index < -0.39 is 10.8 Å². The predicted molar refractivity (Wildman–Crippen MR) is 102 cm³/mol. The number of nitro groups is 1. The molecule has 0 aliphatic rings. The minimum absolute atomic E-state index is 0.0371. The molecule has 8 heteroatoms. The fourth-order valence-corrected chi connectivity index (χ4v) is 2.37. The molecule has 0 bridgehead atoms. The third kappa shape index (κ3) is 5.28. The molecule has 0 spiro atoms. The second kappa shape index (κ2) is 9.13. The van der Waals surface area contributed by atoms with E-state index in [1.165, 1.54) is 18.2 Å². The lowest BCUT2D eigenvalue weighted by atomic mass is 10.3. The van der Waals surface area contributed by atoms with Crippen molar-refractivity contribution in [2.24, 2.45) is 0 Å². The van der Waals surface area contributed by atoms with E-state index in [1.54, 1.807) is 36.5 Å². The zero-order valence-electron chi connectivity index (χ0n) is 14.8. The molecule has 3 aromatic rings. The summed E-state index contributed by atoms with van der Waals surface area (Å²) in [5.74, 6) is 0.165. The van der Waals surface area contributed by atoms with Crippen LogP contribution in [0.2, 0.25) is 0 Å². The Kier molecular flexibility index (Phi) is 6.14. The Hall–Kier alpha value is -3.94. The SMILES string of the molecule is O=C(COc1ccccc1[N+](=O)[O-])Nc1cccc(OCc2ccccn2)c1. The highest BCUT2D eigenvalue weighted by molar-refractivity contribution is 5.92. The molecule has 8 nitrogen and oxygen atoms in total. The molecule has 2 aromatic carbocycles. The van der Waals surface area contributed by atoms with Crippen molar-refractivity contribution in [3.63, 3.8) is 0 Å². The molecule has 142 valence electrons. The number of carbonyl (C=O) groups is 1. The van der Waals surface area contributed by atoms with Gasteiger partial charge in [0.2, 0.25) is 0 Å². The molecule has 0 fully saturated rings. The van der Waals surface area contributed by atoms with Crippen molar-refractivity contribution in [1.29, 1.82) is 0 Å². The Morgan fingerprint density at radius 2 is 1.86 bits per heavy atom. The van der Waals surface area contributed by atoms with Crippen LogP contribution in [0.15, 0.2) is 72.9 Å². The number of nitrogens with zero attached hydrogens (tertiary/aromatic N) is 2. The molecule has 1 aromatic heterocycles. The monoisotopic (exact) mass is 379 g/mol. The molecular weight excluding hydrogens is 362 g/mol. The maximum atomic E-state index is 12.1. The van der Waals surface area contributed by atoms with Crippen LogP contribution in [0.4, 0.5) is 11.4 Å². The molecular formula is C20H17N3O5. The maximum Gasteiger partial charge on any atom is 0.310 e. The van der Waals surface area contributed by atoms with Crippen LogP contribution in [-0.2, 0) is 11.4 Å². The summed E-state index contributed by atoms with van der Waals surface area (Å²) in [6.07, 6.45) is 1.69. The van der Waals surface area contributed by atoms with Crippen molar-refractivity contribution >= 4 is 17.3 Å². The number of rotatable bonds is 8. The topological polar surface area (TPSA) is 104 Å². The van der Waals surface area contributed by atoms with Crippen LogP contribution >= 0.6 is 0 Å². The average molecular weight is 379 g/mol. The van der Waals surface area contributed by atoms with Gasteiger partial charge in [0.25, 0.3) is 5.91 Å². The molecule has 1 amide bonds. The van der Waals surface area contributed by atoms with E-state index in [0.29, 0.717) is 18.0 Å². The van der Waals surface area contributed by atoms with Crippen molar-refractivity contribution in [2.45, 2.75) is 6.61 Å². The van der Waals surface area contributed by atoms with Crippen molar-refractivity contribution < 1.29 is 19.2 Å². The number of pyridine rings is 1. The molecule has 0 aliphatic carbocycles.